The highest BCUT2D eigenvalue weighted by atomic mass is 32.2. The smallest absolute Gasteiger partial charge is 0.124 e. The van der Waals surface area contributed by atoms with Crippen molar-refractivity contribution in [1.29, 1.82) is 0 Å². The Hall–Kier alpha value is -1.32. The molecule has 2 rings (SSSR count). The van der Waals surface area contributed by atoms with Crippen LogP contribution in [0.1, 0.15) is 17.2 Å². The minimum Gasteiger partial charge on any atom is -0.323 e. The van der Waals surface area contributed by atoms with Gasteiger partial charge in [-0.2, -0.15) is 0 Å². The molecule has 0 fully saturated rings. The minimum absolute atomic E-state index is 0.0283. The van der Waals surface area contributed by atoms with Gasteiger partial charge in [-0.1, -0.05) is 30.3 Å². The SMILES string of the molecule is Cc1ccccc1C(N)CSc1cccc(F)c1. The highest BCUT2D eigenvalue weighted by molar-refractivity contribution is 7.99. The molecule has 0 saturated carbocycles. The first-order valence-electron chi connectivity index (χ1n) is 5.86. The van der Waals surface area contributed by atoms with E-state index in [1.165, 1.54) is 17.7 Å². The summed E-state index contributed by atoms with van der Waals surface area (Å²) >= 11 is 1.58. The summed E-state index contributed by atoms with van der Waals surface area (Å²) in [5.41, 5.74) is 8.52. The average Bonchev–Trinajstić information content (AvgIpc) is 2.37. The Bertz CT molecular complexity index is 527. The van der Waals surface area contributed by atoms with Gasteiger partial charge in [0, 0.05) is 16.7 Å². The van der Waals surface area contributed by atoms with E-state index in [9.17, 15) is 4.39 Å². The molecule has 18 heavy (non-hydrogen) atoms. The molecule has 0 bridgehead atoms. The molecule has 0 aliphatic heterocycles. The average molecular weight is 261 g/mol. The van der Waals surface area contributed by atoms with Gasteiger partial charge in [0.2, 0.25) is 0 Å². The van der Waals surface area contributed by atoms with Crippen LogP contribution in [0.2, 0.25) is 0 Å². The van der Waals surface area contributed by atoms with Crippen molar-refractivity contribution in [3.8, 4) is 0 Å². The van der Waals surface area contributed by atoms with Crippen LogP contribution in [0.15, 0.2) is 53.4 Å². The maximum absolute atomic E-state index is 13.0. The van der Waals surface area contributed by atoms with E-state index in [-0.39, 0.29) is 11.9 Å². The number of rotatable bonds is 4. The fourth-order valence-electron chi connectivity index (χ4n) is 1.84. The van der Waals surface area contributed by atoms with Crippen LogP contribution in [0.25, 0.3) is 0 Å². The number of nitrogens with two attached hydrogens (primary N) is 1. The lowest BCUT2D eigenvalue weighted by molar-refractivity contribution is 0.624. The summed E-state index contributed by atoms with van der Waals surface area (Å²) in [6.45, 7) is 2.06. The molecule has 94 valence electrons. The third-order valence-electron chi connectivity index (χ3n) is 2.81. The lowest BCUT2D eigenvalue weighted by Crippen LogP contribution is -2.14. The largest absolute Gasteiger partial charge is 0.323 e. The number of aryl methyl sites for hydroxylation is 1. The van der Waals surface area contributed by atoms with E-state index in [0.717, 1.165) is 16.2 Å². The topological polar surface area (TPSA) is 26.0 Å². The van der Waals surface area contributed by atoms with E-state index in [4.69, 9.17) is 5.73 Å². The van der Waals surface area contributed by atoms with Crippen LogP contribution in [0, 0.1) is 12.7 Å². The van der Waals surface area contributed by atoms with Gasteiger partial charge in [0.1, 0.15) is 5.82 Å². The lowest BCUT2D eigenvalue weighted by Gasteiger charge is -2.14. The number of halogens is 1. The molecule has 1 atom stereocenters. The van der Waals surface area contributed by atoms with E-state index in [1.807, 2.05) is 24.3 Å². The predicted molar refractivity (Wildman–Crippen MR) is 75.2 cm³/mol. The van der Waals surface area contributed by atoms with Gasteiger partial charge in [-0.15, -0.1) is 11.8 Å². The van der Waals surface area contributed by atoms with E-state index in [0.29, 0.717) is 0 Å². The summed E-state index contributed by atoms with van der Waals surface area (Å²) in [5, 5.41) is 0. The molecule has 0 aliphatic carbocycles. The standard InChI is InChI=1S/C15H16FNS/c1-11-5-2-3-8-14(11)15(17)10-18-13-7-4-6-12(16)9-13/h2-9,15H,10,17H2,1H3. The molecule has 0 aliphatic rings. The molecule has 0 heterocycles. The van der Waals surface area contributed by atoms with Crippen molar-refractivity contribution in [2.45, 2.75) is 17.9 Å². The highest BCUT2D eigenvalue weighted by Gasteiger charge is 2.09. The summed E-state index contributed by atoms with van der Waals surface area (Å²) in [4.78, 5) is 0.916. The summed E-state index contributed by atoms with van der Waals surface area (Å²) in [6, 6.07) is 14.7. The Morgan fingerprint density at radius 2 is 1.94 bits per heavy atom. The van der Waals surface area contributed by atoms with Gasteiger partial charge in [0.25, 0.3) is 0 Å². The fraction of sp³-hybridized carbons (Fsp3) is 0.200. The molecule has 2 aromatic carbocycles. The van der Waals surface area contributed by atoms with E-state index < -0.39 is 0 Å². The van der Waals surface area contributed by atoms with Crippen molar-refractivity contribution in [2.75, 3.05) is 5.75 Å². The first-order chi connectivity index (χ1) is 8.66. The van der Waals surface area contributed by atoms with Crippen LogP contribution in [-0.4, -0.2) is 5.75 Å². The normalized spacial score (nSPS) is 12.4. The first kappa shape index (κ1) is 13.1. The van der Waals surface area contributed by atoms with Gasteiger partial charge < -0.3 is 5.73 Å². The van der Waals surface area contributed by atoms with Crippen molar-refractivity contribution in [3.05, 3.63) is 65.5 Å². The van der Waals surface area contributed by atoms with Gasteiger partial charge in [0.15, 0.2) is 0 Å². The van der Waals surface area contributed by atoms with Gasteiger partial charge in [0.05, 0.1) is 0 Å². The molecular weight excluding hydrogens is 245 g/mol. The first-order valence-corrected chi connectivity index (χ1v) is 6.85. The molecule has 1 nitrogen and oxygen atoms in total. The quantitative estimate of drug-likeness (QED) is 0.844. The molecule has 0 aromatic heterocycles. The van der Waals surface area contributed by atoms with Crippen LogP contribution >= 0.6 is 11.8 Å². The van der Waals surface area contributed by atoms with Gasteiger partial charge in [-0.05, 0) is 36.2 Å². The molecule has 2 N–H and O–H groups in total. The molecule has 0 amide bonds. The second-order valence-corrected chi connectivity index (χ2v) is 5.32. The molecule has 0 radical (unpaired) electrons. The Balaban J connectivity index is 2.00. The molecule has 1 unspecified atom stereocenters. The van der Waals surface area contributed by atoms with E-state index >= 15 is 0 Å². The van der Waals surface area contributed by atoms with Crippen molar-refractivity contribution in [3.63, 3.8) is 0 Å². The Kier molecular flexibility index (Phi) is 4.39. The molecule has 2 aromatic rings. The number of thioether (sulfide) groups is 1. The second-order valence-electron chi connectivity index (χ2n) is 4.23. The Morgan fingerprint density at radius 3 is 2.67 bits per heavy atom. The Labute approximate surface area is 111 Å². The van der Waals surface area contributed by atoms with Crippen LogP contribution in [0.5, 0.6) is 0 Å². The summed E-state index contributed by atoms with van der Waals surface area (Å²) < 4.78 is 13.0. The lowest BCUT2D eigenvalue weighted by atomic mass is 10.0. The van der Waals surface area contributed by atoms with Crippen molar-refractivity contribution in [2.24, 2.45) is 5.73 Å². The Morgan fingerprint density at radius 1 is 1.17 bits per heavy atom. The molecule has 3 heteroatoms. The number of hydrogen-bond donors (Lipinski definition) is 1. The van der Waals surface area contributed by atoms with Gasteiger partial charge >= 0.3 is 0 Å². The van der Waals surface area contributed by atoms with E-state index in [2.05, 4.69) is 13.0 Å². The molecule has 0 spiro atoms. The van der Waals surface area contributed by atoms with E-state index in [1.54, 1.807) is 17.8 Å². The number of hydrogen-bond acceptors (Lipinski definition) is 2. The van der Waals surface area contributed by atoms with Crippen molar-refractivity contribution in [1.82, 2.24) is 0 Å². The fourth-order valence-corrected chi connectivity index (χ4v) is 2.76. The maximum Gasteiger partial charge on any atom is 0.124 e. The zero-order chi connectivity index (χ0) is 13.0. The second kappa shape index (κ2) is 6.03. The van der Waals surface area contributed by atoms with Crippen molar-refractivity contribution >= 4 is 11.8 Å². The van der Waals surface area contributed by atoms with Gasteiger partial charge in [-0.3, -0.25) is 0 Å². The minimum atomic E-state index is -0.204. The van der Waals surface area contributed by atoms with Crippen LogP contribution in [-0.2, 0) is 0 Å². The monoisotopic (exact) mass is 261 g/mol. The number of benzene rings is 2. The molecule has 0 saturated heterocycles. The highest BCUT2D eigenvalue weighted by Crippen LogP contribution is 2.25. The molecular formula is C15H16FNS. The predicted octanol–water partition coefficient (Wildman–Crippen LogP) is 3.93. The van der Waals surface area contributed by atoms with Crippen LogP contribution in [0.4, 0.5) is 4.39 Å². The maximum atomic E-state index is 13.0. The van der Waals surface area contributed by atoms with Gasteiger partial charge in [-0.25, -0.2) is 4.39 Å². The summed E-state index contributed by atoms with van der Waals surface area (Å²) in [7, 11) is 0. The summed E-state index contributed by atoms with van der Waals surface area (Å²) in [5.74, 6) is 0.540. The third-order valence-corrected chi connectivity index (χ3v) is 3.93. The van der Waals surface area contributed by atoms with Crippen molar-refractivity contribution < 1.29 is 4.39 Å². The van der Waals surface area contributed by atoms with Crippen LogP contribution < -0.4 is 5.73 Å². The zero-order valence-electron chi connectivity index (χ0n) is 10.3. The zero-order valence-corrected chi connectivity index (χ0v) is 11.1. The third kappa shape index (κ3) is 3.34. The summed E-state index contributed by atoms with van der Waals surface area (Å²) in [6.07, 6.45) is 0. The van der Waals surface area contributed by atoms with Crippen LogP contribution in [0.3, 0.4) is 0 Å².